The molecular weight excluding hydrogens is 364 g/mol. The van der Waals surface area contributed by atoms with E-state index in [1.165, 1.54) is 10.7 Å². The molecule has 0 spiro atoms. The minimum atomic E-state index is -0.584. The summed E-state index contributed by atoms with van der Waals surface area (Å²) in [6.45, 7) is 6.12. The van der Waals surface area contributed by atoms with E-state index in [0.717, 1.165) is 16.7 Å². The van der Waals surface area contributed by atoms with Gasteiger partial charge in [-0.1, -0.05) is 35.4 Å². The number of hydrazine groups is 1. The summed E-state index contributed by atoms with van der Waals surface area (Å²) in [5, 5.41) is 7.46. The van der Waals surface area contributed by atoms with E-state index in [-0.39, 0.29) is 5.91 Å². The van der Waals surface area contributed by atoms with Crippen molar-refractivity contribution in [1.29, 1.82) is 0 Å². The van der Waals surface area contributed by atoms with E-state index < -0.39 is 5.54 Å². The maximum Gasteiger partial charge on any atom is 0.261 e. The quantitative estimate of drug-likeness (QED) is 0.606. The molecule has 1 aromatic carbocycles. The highest BCUT2D eigenvalue weighted by Gasteiger charge is 2.37. The molecular formula is C19H19ClN6O. The maximum atomic E-state index is 12.9. The van der Waals surface area contributed by atoms with Crippen molar-refractivity contribution >= 4 is 23.2 Å². The summed E-state index contributed by atoms with van der Waals surface area (Å²) in [5.74, 6) is -0.298. The van der Waals surface area contributed by atoms with Gasteiger partial charge in [-0.05, 0) is 38.0 Å². The molecule has 0 bridgehead atoms. The zero-order valence-electron chi connectivity index (χ0n) is 15.2. The van der Waals surface area contributed by atoms with Gasteiger partial charge in [0.2, 0.25) is 0 Å². The molecule has 0 radical (unpaired) electrons. The number of nitrogens with zero attached hydrogens (tertiary/aromatic N) is 3. The summed E-state index contributed by atoms with van der Waals surface area (Å²) >= 11 is 5.96. The van der Waals surface area contributed by atoms with Gasteiger partial charge in [0, 0.05) is 12.4 Å². The molecule has 0 saturated heterocycles. The SMILES string of the molecule is Cc1ccc(C)c(C2(C)NNC=C2NC(=O)c2cnn3ccc(Cl)nc23)c1. The summed E-state index contributed by atoms with van der Waals surface area (Å²) in [7, 11) is 0. The van der Waals surface area contributed by atoms with E-state index in [9.17, 15) is 4.79 Å². The first kappa shape index (κ1) is 17.5. The number of nitrogens with one attached hydrogen (secondary N) is 3. The third-order valence-corrected chi connectivity index (χ3v) is 5.05. The van der Waals surface area contributed by atoms with Gasteiger partial charge in [-0.3, -0.25) is 4.79 Å². The standard InChI is InChI=1S/C19H19ClN6O/c1-11-4-5-12(2)14(8-11)19(3)15(10-21-25-19)23-18(27)13-9-22-26-7-6-16(20)24-17(13)26/h4-10,21,25H,1-3H3,(H,23,27). The van der Waals surface area contributed by atoms with Crippen molar-refractivity contribution in [2.45, 2.75) is 26.3 Å². The Labute approximate surface area is 161 Å². The third kappa shape index (κ3) is 2.94. The van der Waals surface area contributed by atoms with Crippen LogP contribution in [0.3, 0.4) is 0 Å². The number of aryl methyl sites for hydroxylation is 2. The zero-order valence-corrected chi connectivity index (χ0v) is 15.9. The molecule has 1 atom stereocenters. The topological polar surface area (TPSA) is 83.3 Å². The van der Waals surface area contributed by atoms with Crippen molar-refractivity contribution in [3.8, 4) is 0 Å². The Bertz CT molecular complexity index is 1090. The van der Waals surface area contributed by atoms with Gasteiger partial charge >= 0.3 is 0 Å². The normalized spacial score (nSPS) is 19.0. The van der Waals surface area contributed by atoms with E-state index >= 15 is 0 Å². The van der Waals surface area contributed by atoms with Crippen LogP contribution in [0, 0.1) is 13.8 Å². The van der Waals surface area contributed by atoms with E-state index in [1.807, 2.05) is 13.8 Å². The van der Waals surface area contributed by atoms with Crippen LogP contribution in [-0.4, -0.2) is 20.5 Å². The minimum absolute atomic E-state index is 0.298. The van der Waals surface area contributed by atoms with Crippen LogP contribution < -0.4 is 16.2 Å². The maximum absolute atomic E-state index is 12.9. The largest absolute Gasteiger partial charge is 0.326 e. The number of hydrogen-bond acceptors (Lipinski definition) is 5. The van der Waals surface area contributed by atoms with Crippen molar-refractivity contribution in [3.63, 3.8) is 0 Å². The Kier molecular flexibility index (Phi) is 4.13. The average Bonchev–Trinajstić information content (AvgIpc) is 3.21. The fourth-order valence-electron chi connectivity index (χ4n) is 3.31. The van der Waals surface area contributed by atoms with Crippen LogP contribution in [0.1, 0.15) is 34.0 Å². The summed E-state index contributed by atoms with van der Waals surface area (Å²) < 4.78 is 1.52. The lowest BCUT2D eigenvalue weighted by molar-refractivity contribution is 0.0961. The number of rotatable bonds is 3. The summed E-state index contributed by atoms with van der Waals surface area (Å²) in [4.78, 5) is 17.1. The van der Waals surface area contributed by atoms with Crippen molar-refractivity contribution in [2.75, 3.05) is 0 Å². The van der Waals surface area contributed by atoms with Crippen molar-refractivity contribution in [1.82, 2.24) is 30.8 Å². The second-order valence-corrected chi connectivity index (χ2v) is 7.19. The molecule has 0 aliphatic carbocycles. The lowest BCUT2D eigenvalue weighted by atomic mass is 9.86. The number of carbonyl (C=O) groups excluding carboxylic acids is 1. The van der Waals surface area contributed by atoms with Gasteiger partial charge in [-0.25, -0.2) is 14.9 Å². The van der Waals surface area contributed by atoms with E-state index in [2.05, 4.69) is 51.4 Å². The molecule has 0 fully saturated rings. The summed E-state index contributed by atoms with van der Waals surface area (Å²) in [6, 6.07) is 7.88. The molecule has 3 aromatic rings. The Morgan fingerprint density at radius 3 is 2.93 bits per heavy atom. The molecule has 4 rings (SSSR count). The number of carbonyl (C=O) groups is 1. The van der Waals surface area contributed by atoms with Gasteiger partial charge in [0.05, 0.1) is 11.9 Å². The number of amides is 1. The summed E-state index contributed by atoms with van der Waals surface area (Å²) in [6.07, 6.45) is 4.91. The Morgan fingerprint density at radius 2 is 2.11 bits per heavy atom. The average molecular weight is 383 g/mol. The van der Waals surface area contributed by atoms with Crippen molar-refractivity contribution < 1.29 is 4.79 Å². The van der Waals surface area contributed by atoms with Gasteiger partial charge in [-0.2, -0.15) is 5.10 Å². The van der Waals surface area contributed by atoms with Gasteiger partial charge < -0.3 is 10.7 Å². The summed E-state index contributed by atoms with van der Waals surface area (Å²) in [5.41, 5.74) is 10.5. The van der Waals surface area contributed by atoms with Crippen molar-refractivity contribution in [3.05, 3.63) is 76.0 Å². The van der Waals surface area contributed by atoms with Crippen LogP contribution in [0.2, 0.25) is 5.15 Å². The second-order valence-electron chi connectivity index (χ2n) is 6.80. The first-order chi connectivity index (χ1) is 12.9. The molecule has 2 aromatic heterocycles. The molecule has 1 aliphatic rings. The highest BCUT2D eigenvalue weighted by molar-refractivity contribution is 6.29. The van der Waals surface area contributed by atoms with Gasteiger partial charge in [0.25, 0.3) is 5.91 Å². The zero-order chi connectivity index (χ0) is 19.2. The number of hydrogen-bond donors (Lipinski definition) is 3. The molecule has 7 nitrogen and oxygen atoms in total. The predicted molar refractivity (Wildman–Crippen MR) is 103 cm³/mol. The molecule has 27 heavy (non-hydrogen) atoms. The number of fused-ring (bicyclic) bond motifs is 1. The van der Waals surface area contributed by atoms with Crippen LogP contribution in [0.5, 0.6) is 0 Å². The molecule has 1 amide bonds. The lowest BCUT2D eigenvalue weighted by Crippen LogP contribution is -2.45. The van der Waals surface area contributed by atoms with Crippen LogP contribution in [-0.2, 0) is 5.54 Å². The Balaban J connectivity index is 1.67. The van der Waals surface area contributed by atoms with Crippen LogP contribution in [0.25, 0.3) is 5.65 Å². The first-order valence-corrected chi connectivity index (χ1v) is 8.88. The molecule has 0 saturated carbocycles. The number of benzene rings is 1. The Morgan fingerprint density at radius 1 is 1.30 bits per heavy atom. The Hall–Kier alpha value is -2.90. The van der Waals surface area contributed by atoms with E-state index in [1.54, 1.807) is 18.5 Å². The van der Waals surface area contributed by atoms with Crippen molar-refractivity contribution in [2.24, 2.45) is 0 Å². The molecule has 3 N–H and O–H groups in total. The predicted octanol–water partition coefficient (Wildman–Crippen LogP) is 2.59. The number of halogens is 1. The molecule has 1 aliphatic heterocycles. The molecule has 8 heteroatoms. The highest BCUT2D eigenvalue weighted by atomic mass is 35.5. The van der Waals surface area contributed by atoms with Gasteiger partial charge in [0.15, 0.2) is 5.65 Å². The monoisotopic (exact) mass is 382 g/mol. The molecule has 1 unspecified atom stereocenters. The fourth-order valence-corrected chi connectivity index (χ4v) is 3.45. The fraction of sp³-hybridized carbons (Fsp3) is 0.211. The first-order valence-electron chi connectivity index (χ1n) is 8.51. The highest BCUT2D eigenvalue weighted by Crippen LogP contribution is 2.32. The van der Waals surface area contributed by atoms with Gasteiger partial charge in [0.1, 0.15) is 16.3 Å². The van der Waals surface area contributed by atoms with E-state index in [0.29, 0.717) is 22.1 Å². The van der Waals surface area contributed by atoms with Crippen LogP contribution >= 0.6 is 11.6 Å². The van der Waals surface area contributed by atoms with E-state index in [4.69, 9.17) is 11.6 Å². The van der Waals surface area contributed by atoms with Crippen LogP contribution in [0.4, 0.5) is 0 Å². The minimum Gasteiger partial charge on any atom is -0.326 e. The smallest absolute Gasteiger partial charge is 0.261 e. The molecule has 138 valence electrons. The van der Waals surface area contributed by atoms with Gasteiger partial charge in [-0.15, -0.1) is 0 Å². The van der Waals surface area contributed by atoms with Crippen LogP contribution in [0.15, 0.2) is 48.6 Å². The molecule has 3 heterocycles. The lowest BCUT2D eigenvalue weighted by Gasteiger charge is -2.30. The second kappa shape index (κ2) is 6.37. The third-order valence-electron chi connectivity index (χ3n) is 4.84. The number of aromatic nitrogens is 3.